The van der Waals surface area contributed by atoms with Crippen LogP contribution < -0.4 is 10.2 Å². The molecule has 0 heterocycles. The Labute approximate surface area is 136 Å². The van der Waals surface area contributed by atoms with Gasteiger partial charge in [-0.1, -0.05) is 67.2 Å². The van der Waals surface area contributed by atoms with Gasteiger partial charge in [0.2, 0.25) is 0 Å². The molecule has 0 fully saturated rings. The maximum atomic E-state index is 10.7. The molecule has 0 aromatic heterocycles. The Kier molecular flexibility index (Phi) is 15.4. The molecule has 3 heteroatoms. The van der Waals surface area contributed by atoms with E-state index in [2.05, 4.69) is 0 Å². The molecule has 0 unspecified atom stereocenters. The average molecular weight is 340 g/mol. The van der Waals surface area contributed by atoms with Crippen LogP contribution in [0.5, 0.6) is 0 Å². The van der Waals surface area contributed by atoms with Crippen molar-refractivity contribution in [3.8, 4) is 0 Å². The molecule has 0 saturated carbocycles. The summed E-state index contributed by atoms with van der Waals surface area (Å²) in [5, 5.41) is 21.4. The van der Waals surface area contributed by atoms with Crippen molar-refractivity contribution >= 4 is 48.9 Å². The molecule has 0 bridgehead atoms. The topological polar surface area (TPSA) is 46.1 Å². The monoisotopic (exact) mass is 340 g/mol. The van der Waals surface area contributed by atoms with Gasteiger partial charge in [0, 0.05) is 0 Å². The van der Waals surface area contributed by atoms with Crippen LogP contribution in [-0.2, 0) is 0 Å². The van der Waals surface area contributed by atoms with Crippen molar-refractivity contribution in [2.45, 2.75) is 78.4 Å². The maximum absolute atomic E-state index is 10.7. The standard InChI is InChI=1S/2C6H13O.Ba/c2*1-4-5-6(2,3)7;/h2*4-5H2,1-3H3;/q2*-1;+2. The zero-order chi connectivity index (χ0) is 11.8. The van der Waals surface area contributed by atoms with Crippen molar-refractivity contribution in [3.63, 3.8) is 0 Å². The predicted molar refractivity (Wildman–Crippen MR) is 63.7 cm³/mol. The van der Waals surface area contributed by atoms with Crippen LogP contribution in [0.15, 0.2) is 0 Å². The molecule has 0 amide bonds. The van der Waals surface area contributed by atoms with Crippen molar-refractivity contribution in [1.82, 2.24) is 0 Å². The van der Waals surface area contributed by atoms with E-state index in [1.54, 1.807) is 27.7 Å². The minimum atomic E-state index is -0.700. The van der Waals surface area contributed by atoms with Crippen LogP contribution in [0.2, 0.25) is 0 Å². The molecule has 15 heavy (non-hydrogen) atoms. The molecule has 0 aromatic carbocycles. The van der Waals surface area contributed by atoms with E-state index in [0.29, 0.717) is 0 Å². The summed E-state index contributed by atoms with van der Waals surface area (Å²) >= 11 is 0. The molecule has 2 nitrogen and oxygen atoms in total. The van der Waals surface area contributed by atoms with E-state index >= 15 is 0 Å². The number of hydrogen-bond donors (Lipinski definition) is 0. The van der Waals surface area contributed by atoms with Gasteiger partial charge < -0.3 is 10.2 Å². The molecule has 0 aliphatic carbocycles. The smallest absolute Gasteiger partial charge is 0.850 e. The van der Waals surface area contributed by atoms with Crippen molar-refractivity contribution in [2.24, 2.45) is 0 Å². The summed E-state index contributed by atoms with van der Waals surface area (Å²) in [6.07, 6.45) is 3.56. The van der Waals surface area contributed by atoms with Gasteiger partial charge in [-0.25, -0.2) is 0 Å². The summed E-state index contributed by atoms with van der Waals surface area (Å²) < 4.78 is 0. The van der Waals surface area contributed by atoms with E-state index in [1.165, 1.54) is 0 Å². The summed E-state index contributed by atoms with van der Waals surface area (Å²) in [7, 11) is 0. The Morgan fingerprint density at radius 2 is 0.933 bits per heavy atom. The number of hydrogen-bond acceptors (Lipinski definition) is 2. The number of rotatable bonds is 4. The Bertz CT molecular complexity index is 107. The summed E-state index contributed by atoms with van der Waals surface area (Å²) in [6, 6.07) is 0. The van der Waals surface area contributed by atoms with Crippen molar-refractivity contribution in [2.75, 3.05) is 0 Å². The Morgan fingerprint density at radius 3 is 0.933 bits per heavy atom. The fourth-order valence-corrected chi connectivity index (χ4v) is 1.20. The summed E-state index contributed by atoms with van der Waals surface area (Å²) in [5.41, 5.74) is -1.40. The van der Waals surface area contributed by atoms with Crippen LogP contribution in [-0.4, -0.2) is 60.1 Å². The van der Waals surface area contributed by atoms with Crippen LogP contribution in [0.3, 0.4) is 0 Å². The molecule has 0 atom stereocenters. The first-order chi connectivity index (χ1) is 6.12. The zero-order valence-corrected chi connectivity index (χ0v) is 15.8. The Morgan fingerprint density at radius 1 is 0.733 bits per heavy atom. The summed E-state index contributed by atoms with van der Waals surface area (Å²) in [5.74, 6) is 0. The van der Waals surface area contributed by atoms with Crippen molar-refractivity contribution in [3.05, 3.63) is 0 Å². The fourth-order valence-electron chi connectivity index (χ4n) is 1.20. The third-order valence-electron chi connectivity index (χ3n) is 1.70. The molecular formula is C12H26BaO2. The van der Waals surface area contributed by atoms with Gasteiger partial charge >= 0.3 is 48.9 Å². The molecule has 0 spiro atoms. The van der Waals surface area contributed by atoms with Gasteiger partial charge in [0.15, 0.2) is 0 Å². The van der Waals surface area contributed by atoms with E-state index in [0.717, 1.165) is 25.7 Å². The van der Waals surface area contributed by atoms with Crippen LogP contribution in [0.1, 0.15) is 67.2 Å². The predicted octanol–water partition coefficient (Wildman–Crippen LogP) is 1.47. The van der Waals surface area contributed by atoms with Gasteiger partial charge in [0.1, 0.15) is 0 Å². The van der Waals surface area contributed by atoms with E-state index in [9.17, 15) is 10.2 Å². The second-order valence-electron chi connectivity index (χ2n) is 5.02. The molecule has 0 saturated heterocycles. The second-order valence-corrected chi connectivity index (χ2v) is 5.02. The molecule has 0 aliphatic heterocycles. The first-order valence-corrected chi connectivity index (χ1v) is 5.53. The third-order valence-corrected chi connectivity index (χ3v) is 1.70. The normalized spacial score (nSPS) is 11.2. The van der Waals surface area contributed by atoms with Crippen LogP contribution in [0.25, 0.3) is 0 Å². The van der Waals surface area contributed by atoms with Gasteiger partial charge in [0.05, 0.1) is 0 Å². The molecule has 0 N–H and O–H groups in total. The van der Waals surface area contributed by atoms with Gasteiger partial charge in [-0.2, -0.15) is 0 Å². The van der Waals surface area contributed by atoms with Crippen molar-refractivity contribution < 1.29 is 10.2 Å². The quantitative estimate of drug-likeness (QED) is 0.728. The Hall–Kier alpha value is 1.49. The van der Waals surface area contributed by atoms with E-state index in [1.807, 2.05) is 13.8 Å². The molecule has 88 valence electrons. The van der Waals surface area contributed by atoms with Crippen LogP contribution >= 0.6 is 0 Å². The average Bonchev–Trinajstić information content (AvgIpc) is 1.81. The summed E-state index contributed by atoms with van der Waals surface area (Å²) in [4.78, 5) is 0. The zero-order valence-electron chi connectivity index (χ0n) is 11.4. The van der Waals surface area contributed by atoms with Gasteiger partial charge in [-0.15, -0.1) is 11.2 Å². The van der Waals surface area contributed by atoms with Crippen LogP contribution in [0, 0.1) is 0 Å². The largest absolute Gasteiger partial charge is 2.00 e. The van der Waals surface area contributed by atoms with E-state index in [4.69, 9.17) is 0 Å². The van der Waals surface area contributed by atoms with Crippen LogP contribution in [0.4, 0.5) is 0 Å². The SMILES string of the molecule is CCCC(C)(C)[O-].CCCC(C)(C)[O-].[Ba+2]. The van der Waals surface area contributed by atoms with E-state index in [-0.39, 0.29) is 48.9 Å². The molecule has 0 rings (SSSR count). The van der Waals surface area contributed by atoms with Gasteiger partial charge in [-0.3, -0.25) is 0 Å². The third kappa shape index (κ3) is 31.3. The van der Waals surface area contributed by atoms with Gasteiger partial charge in [-0.05, 0) is 0 Å². The minimum Gasteiger partial charge on any atom is -0.850 e. The molecule has 0 radical (unpaired) electrons. The van der Waals surface area contributed by atoms with Crippen molar-refractivity contribution in [1.29, 1.82) is 0 Å². The molecular weight excluding hydrogens is 313 g/mol. The maximum Gasteiger partial charge on any atom is 2.00 e. The second kappa shape index (κ2) is 10.6. The first kappa shape index (κ1) is 21.7. The van der Waals surface area contributed by atoms with E-state index < -0.39 is 11.2 Å². The Balaban J connectivity index is -0.000000180. The molecule has 0 aliphatic rings. The fraction of sp³-hybridized carbons (Fsp3) is 1.00. The minimum absolute atomic E-state index is 0. The molecule has 0 aromatic rings. The summed E-state index contributed by atoms with van der Waals surface area (Å²) in [6.45, 7) is 10.9. The van der Waals surface area contributed by atoms with Gasteiger partial charge in [0.25, 0.3) is 0 Å². The first-order valence-electron chi connectivity index (χ1n) is 5.53.